The van der Waals surface area contributed by atoms with Gasteiger partial charge < -0.3 is 20.5 Å². The van der Waals surface area contributed by atoms with E-state index in [9.17, 15) is 9.90 Å². The zero-order valence-corrected chi connectivity index (χ0v) is 10.8. The third-order valence-electron chi connectivity index (χ3n) is 2.51. The minimum Gasteiger partial charge on any atom is -0.504 e. The van der Waals surface area contributed by atoms with Crippen molar-refractivity contribution in [1.82, 2.24) is 10.6 Å². The standard InChI is InChI=1S/C13H20N2O3/c1-3-18-11-6-4-5-10(13(11)17)9-15-8-7-12(16)14-2/h4-6,15,17H,3,7-9H2,1-2H3,(H,14,16). The number of phenolic OH excluding ortho intramolecular Hbond substituents is 1. The number of hydrogen-bond donors (Lipinski definition) is 3. The van der Waals surface area contributed by atoms with E-state index < -0.39 is 0 Å². The number of para-hydroxylation sites is 1. The monoisotopic (exact) mass is 252 g/mol. The van der Waals surface area contributed by atoms with Crippen LogP contribution in [0.2, 0.25) is 0 Å². The van der Waals surface area contributed by atoms with Crippen molar-refractivity contribution in [3.63, 3.8) is 0 Å². The molecule has 5 heteroatoms. The van der Waals surface area contributed by atoms with Gasteiger partial charge in [0.2, 0.25) is 5.91 Å². The largest absolute Gasteiger partial charge is 0.504 e. The van der Waals surface area contributed by atoms with Gasteiger partial charge in [-0.05, 0) is 13.0 Å². The average molecular weight is 252 g/mol. The van der Waals surface area contributed by atoms with E-state index in [1.807, 2.05) is 19.1 Å². The molecule has 0 spiro atoms. The van der Waals surface area contributed by atoms with Crippen LogP contribution in [0.3, 0.4) is 0 Å². The molecule has 1 rings (SSSR count). The Bertz CT molecular complexity index is 394. The Labute approximate surface area is 107 Å². The van der Waals surface area contributed by atoms with E-state index >= 15 is 0 Å². The van der Waals surface area contributed by atoms with E-state index in [4.69, 9.17) is 4.74 Å². The quantitative estimate of drug-likeness (QED) is 0.634. The van der Waals surface area contributed by atoms with Crippen LogP contribution < -0.4 is 15.4 Å². The summed E-state index contributed by atoms with van der Waals surface area (Å²) >= 11 is 0. The Kier molecular flexibility index (Phi) is 6.00. The van der Waals surface area contributed by atoms with Crippen LogP contribution in [0.25, 0.3) is 0 Å². The average Bonchev–Trinajstić information content (AvgIpc) is 2.38. The number of phenols is 1. The first-order valence-corrected chi connectivity index (χ1v) is 6.04. The van der Waals surface area contributed by atoms with Crippen LogP contribution in [0.1, 0.15) is 18.9 Å². The maximum absolute atomic E-state index is 11.0. The Morgan fingerprint density at radius 1 is 1.44 bits per heavy atom. The topological polar surface area (TPSA) is 70.6 Å². The molecule has 0 unspecified atom stereocenters. The van der Waals surface area contributed by atoms with E-state index in [2.05, 4.69) is 10.6 Å². The Hall–Kier alpha value is -1.75. The molecular formula is C13H20N2O3. The number of rotatable bonds is 7. The van der Waals surface area contributed by atoms with Crippen LogP contribution in [0.4, 0.5) is 0 Å². The molecule has 100 valence electrons. The van der Waals surface area contributed by atoms with Gasteiger partial charge in [-0.25, -0.2) is 0 Å². The summed E-state index contributed by atoms with van der Waals surface area (Å²) in [5.74, 6) is 0.643. The maximum Gasteiger partial charge on any atom is 0.221 e. The first kappa shape index (κ1) is 14.3. The lowest BCUT2D eigenvalue weighted by atomic mass is 10.2. The molecule has 0 aromatic heterocycles. The molecule has 18 heavy (non-hydrogen) atoms. The number of ether oxygens (including phenoxy) is 1. The maximum atomic E-state index is 11.0. The third-order valence-corrected chi connectivity index (χ3v) is 2.51. The normalized spacial score (nSPS) is 10.1. The fourth-order valence-electron chi connectivity index (χ4n) is 1.53. The lowest BCUT2D eigenvalue weighted by molar-refractivity contribution is -0.120. The number of nitrogens with one attached hydrogen (secondary N) is 2. The van der Waals surface area contributed by atoms with Crippen molar-refractivity contribution in [2.75, 3.05) is 20.2 Å². The second-order valence-corrected chi connectivity index (χ2v) is 3.80. The first-order valence-electron chi connectivity index (χ1n) is 6.04. The van der Waals surface area contributed by atoms with Crippen LogP contribution in [-0.4, -0.2) is 31.2 Å². The number of aromatic hydroxyl groups is 1. The minimum absolute atomic E-state index is 0.00483. The Morgan fingerprint density at radius 3 is 2.89 bits per heavy atom. The van der Waals surface area contributed by atoms with Crippen molar-refractivity contribution in [3.8, 4) is 11.5 Å². The van der Waals surface area contributed by atoms with Gasteiger partial charge in [-0.1, -0.05) is 12.1 Å². The smallest absolute Gasteiger partial charge is 0.221 e. The molecule has 3 N–H and O–H groups in total. The second kappa shape index (κ2) is 7.55. The molecule has 0 aliphatic heterocycles. The fourth-order valence-corrected chi connectivity index (χ4v) is 1.53. The number of benzene rings is 1. The summed E-state index contributed by atoms with van der Waals surface area (Å²) in [6.45, 7) is 3.45. The number of hydrogen-bond acceptors (Lipinski definition) is 4. The van der Waals surface area contributed by atoms with Crippen molar-refractivity contribution in [3.05, 3.63) is 23.8 Å². The number of carbonyl (C=O) groups excluding carboxylic acids is 1. The summed E-state index contributed by atoms with van der Waals surface area (Å²) in [6.07, 6.45) is 0.419. The van der Waals surface area contributed by atoms with Crippen molar-refractivity contribution in [1.29, 1.82) is 0 Å². The molecule has 5 nitrogen and oxygen atoms in total. The number of carbonyl (C=O) groups is 1. The van der Waals surface area contributed by atoms with E-state index in [1.165, 1.54) is 0 Å². The van der Waals surface area contributed by atoms with Gasteiger partial charge in [0.25, 0.3) is 0 Å². The molecule has 0 heterocycles. The van der Waals surface area contributed by atoms with Crippen LogP contribution in [-0.2, 0) is 11.3 Å². The summed E-state index contributed by atoms with van der Waals surface area (Å²) in [4.78, 5) is 11.0. The van der Waals surface area contributed by atoms with E-state index in [1.54, 1.807) is 13.1 Å². The van der Waals surface area contributed by atoms with E-state index in [0.717, 1.165) is 5.56 Å². The van der Waals surface area contributed by atoms with E-state index in [0.29, 0.717) is 31.9 Å². The third kappa shape index (κ3) is 4.25. The summed E-state index contributed by atoms with van der Waals surface area (Å²) in [5, 5.41) is 15.6. The van der Waals surface area contributed by atoms with Gasteiger partial charge in [0.15, 0.2) is 11.5 Å². The summed E-state index contributed by atoms with van der Waals surface area (Å²) in [5.41, 5.74) is 0.762. The molecule has 0 aliphatic carbocycles. The Balaban J connectivity index is 2.47. The summed E-state index contributed by atoms with van der Waals surface area (Å²) < 4.78 is 5.30. The zero-order valence-electron chi connectivity index (χ0n) is 10.8. The SMILES string of the molecule is CCOc1cccc(CNCCC(=O)NC)c1O. The zero-order chi connectivity index (χ0) is 13.4. The summed E-state index contributed by atoms with van der Waals surface area (Å²) in [7, 11) is 1.61. The van der Waals surface area contributed by atoms with Gasteiger partial charge in [0, 0.05) is 32.1 Å². The highest BCUT2D eigenvalue weighted by molar-refractivity contribution is 5.75. The van der Waals surface area contributed by atoms with Crippen molar-refractivity contribution >= 4 is 5.91 Å². The molecule has 0 fully saturated rings. The molecule has 1 aromatic carbocycles. The van der Waals surface area contributed by atoms with Gasteiger partial charge in [-0.3, -0.25) is 4.79 Å². The van der Waals surface area contributed by atoms with Gasteiger partial charge >= 0.3 is 0 Å². The second-order valence-electron chi connectivity index (χ2n) is 3.80. The van der Waals surface area contributed by atoms with Gasteiger partial charge in [0.1, 0.15) is 0 Å². The summed E-state index contributed by atoms with van der Waals surface area (Å²) in [6, 6.07) is 5.39. The molecule has 0 aliphatic rings. The van der Waals surface area contributed by atoms with Crippen molar-refractivity contribution in [2.45, 2.75) is 19.9 Å². The predicted octanol–water partition coefficient (Wildman–Crippen LogP) is 1.02. The molecule has 1 aromatic rings. The molecule has 1 amide bonds. The molecule has 0 saturated heterocycles. The first-order chi connectivity index (χ1) is 8.69. The van der Waals surface area contributed by atoms with Crippen LogP contribution >= 0.6 is 0 Å². The molecule has 0 atom stereocenters. The van der Waals surface area contributed by atoms with Crippen LogP contribution in [0.15, 0.2) is 18.2 Å². The highest BCUT2D eigenvalue weighted by Gasteiger charge is 2.07. The molecule has 0 radical (unpaired) electrons. The van der Waals surface area contributed by atoms with Crippen molar-refractivity contribution < 1.29 is 14.6 Å². The number of amides is 1. The minimum atomic E-state index is -0.00483. The lowest BCUT2D eigenvalue weighted by Crippen LogP contribution is -2.24. The fraction of sp³-hybridized carbons (Fsp3) is 0.462. The Morgan fingerprint density at radius 2 is 2.22 bits per heavy atom. The lowest BCUT2D eigenvalue weighted by Gasteiger charge is -2.10. The van der Waals surface area contributed by atoms with Gasteiger partial charge in [-0.2, -0.15) is 0 Å². The van der Waals surface area contributed by atoms with Gasteiger partial charge in [-0.15, -0.1) is 0 Å². The molecule has 0 saturated carbocycles. The van der Waals surface area contributed by atoms with Crippen LogP contribution in [0, 0.1) is 0 Å². The van der Waals surface area contributed by atoms with Crippen LogP contribution in [0.5, 0.6) is 11.5 Å². The predicted molar refractivity (Wildman–Crippen MR) is 69.7 cm³/mol. The highest BCUT2D eigenvalue weighted by atomic mass is 16.5. The highest BCUT2D eigenvalue weighted by Crippen LogP contribution is 2.29. The molecule has 0 bridgehead atoms. The van der Waals surface area contributed by atoms with Gasteiger partial charge in [0.05, 0.1) is 6.61 Å². The van der Waals surface area contributed by atoms with Crippen molar-refractivity contribution in [2.24, 2.45) is 0 Å². The molecular weight excluding hydrogens is 232 g/mol. The van der Waals surface area contributed by atoms with E-state index in [-0.39, 0.29) is 11.7 Å².